The molecule has 0 saturated carbocycles. The van der Waals surface area contributed by atoms with Crippen LogP contribution in [0.4, 0.5) is 5.82 Å². The third-order valence-corrected chi connectivity index (χ3v) is 8.60. The van der Waals surface area contributed by atoms with Gasteiger partial charge in [0.05, 0.1) is 24.3 Å². The number of hydrogen-bond acceptors (Lipinski definition) is 11. The number of para-hydroxylation sites is 1. The van der Waals surface area contributed by atoms with Gasteiger partial charge in [0.1, 0.15) is 23.2 Å². The fourth-order valence-corrected chi connectivity index (χ4v) is 5.83. The Hall–Kier alpha value is -6.31. The first-order valence-corrected chi connectivity index (χ1v) is 16.5. The summed E-state index contributed by atoms with van der Waals surface area (Å²) in [6, 6.07) is 19.8. The van der Waals surface area contributed by atoms with Gasteiger partial charge in [0, 0.05) is 37.4 Å². The van der Waals surface area contributed by atoms with Crippen molar-refractivity contribution in [2.75, 3.05) is 18.9 Å². The van der Waals surface area contributed by atoms with Crippen LogP contribution in [0.1, 0.15) is 63.9 Å². The van der Waals surface area contributed by atoms with Crippen LogP contribution in [0, 0.1) is 0 Å². The molecule has 14 nitrogen and oxygen atoms in total. The van der Waals surface area contributed by atoms with E-state index in [1.165, 1.54) is 12.1 Å². The molecule has 5 N–H and O–H groups in total. The summed E-state index contributed by atoms with van der Waals surface area (Å²) in [5.41, 5.74) is 9.25. The zero-order valence-electron chi connectivity index (χ0n) is 27.6. The van der Waals surface area contributed by atoms with Crippen LogP contribution in [0.3, 0.4) is 0 Å². The summed E-state index contributed by atoms with van der Waals surface area (Å²) in [5, 5.41) is 23.2. The van der Waals surface area contributed by atoms with E-state index in [1.54, 1.807) is 36.4 Å². The minimum absolute atomic E-state index is 0.0512. The minimum Gasteiger partial charge on any atom is -0.507 e. The minimum atomic E-state index is -1.03. The first-order valence-electron chi connectivity index (χ1n) is 16.5. The Labute approximate surface area is 293 Å². The molecule has 2 aliphatic heterocycles. The lowest BCUT2D eigenvalue weighted by Gasteiger charge is -2.27. The van der Waals surface area contributed by atoms with Crippen molar-refractivity contribution in [3.63, 3.8) is 0 Å². The van der Waals surface area contributed by atoms with Gasteiger partial charge in [-0.3, -0.25) is 34.2 Å². The maximum Gasteiger partial charge on any atom is 0.262 e. The Morgan fingerprint density at radius 1 is 0.882 bits per heavy atom. The molecule has 0 aliphatic carbocycles. The second-order valence-electron chi connectivity index (χ2n) is 12.1. The molecule has 1 fully saturated rings. The molecule has 3 heterocycles. The molecule has 3 aromatic carbocycles. The SMILES string of the molecule is Nc1nnc(-c2ccccc2O)cc1OCCc1ccc(CNC(=O)CCCCOc2ccc3c(c2)C(=O)N(C2CCC(=O)NC2=O)C3=O)cc1. The van der Waals surface area contributed by atoms with Gasteiger partial charge in [0.2, 0.25) is 17.7 Å². The number of nitrogens with two attached hydrogens (primary N) is 1. The zero-order chi connectivity index (χ0) is 35.9. The van der Waals surface area contributed by atoms with E-state index in [0.717, 1.165) is 16.0 Å². The Morgan fingerprint density at radius 2 is 1.65 bits per heavy atom. The van der Waals surface area contributed by atoms with Crippen molar-refractivity contribution in [2.45, 2.75) is 51.1 Å². The summed E-state index contributed by atoms with van der Waals surface area (Å²) in [4.78, 5) is 62.9. The van der Waals surface area contributed by atoms with Crippen molar-refractivity contribution in [2.24, 2.45) is 0 Å². The van der Waals surface area contributed by atoms with Crippen LogP contribution in [0.25, 0.3) is 11.3 Å². The number of rotatable bonds is 14. The van der Waals surface area contributed by atoms with Crippen molar-refractivity contribution >= 4 is 35.4 Å². The number of piperidine rings is 1. The van der Waals surface area contributed by atoms with E-state index in [0.29, 0.717) is 68.2 Å². The van der Waals surface area contributed by atoms with E-state index in [9.17, 15) is 29.1 Å². The number of nitrogens with zero attached hydrogens (tertiary/aromatic N) is 3. The lowest BCUT2D eigenvalue weighted by molar-refractivity contribution is -0.136. The van der Waals surface area contributed by atoms with Gasteiger partial charge in [-0.2, -0.15) is 0 Å². The number of nitrogen functional groups attached to an aromatic ring is 1. The number of unbranched alkanes of at least 4 members (excludes halogenated alkanes) is 1. The van der Waals surface area contributed by atoms with Gasteiger partial charge < -0.3 is 25.6 Å². The van der Waals surface area contributed by atoms with E-state index in [1.807, 2.05) is 24.3 Å². The number of fused-ring (bicyclic) bond motifs is 1. The van der Waals surface area contributed by atoms with Gasteiger partial charge in [-0.25, -0.2) is 0 Å². The van der Waals surface area contributed by atoms with Crippen LogP contribution in [0.2, 0.25) is 0 Å². The molecule has 0 radical (unpaired) electrons. The average molecular weight is 693 g/mol. The second kappa shape index (κ2) is 15.5. The molecule has 1 atom stereocenters. The number of hydrogen-bond donors (Lipinski definition) is 4. The average Bonchev–Trinajstić information content (AvgIpc) is 3.37. The predicted octanol–water partition coefficient (Wildman–Crippen LogP) is 3.32. The molecule has 1 unspecified atom stereocenters. The van der Waals surface area contributed by atoms with Gasteiger partial charge >= 0.3 is 0 Å². The number of imide groups is 2. The number of ether oxygens (including phenoxy) is 2. The lowest BCUT2D eigenvalue weighted by Crippen LogP contribution is -2.54. The van der Waals surface area contributed by atoms with Crippen LogP contribution >= 0.6 is 0 Å². The van der Waals surface area contributed by atoms with Crippen LogP contribution < -0.4 is 25.8 Å². The molecule has 4 aromatic rings. The number of benzene rings is 3. The Kier molecular flexibility index (Phi) is 10.5. The van der Waals surface area contributed by atoms with Crippen LogP contribution in [-0.2, 0) is 27.3 Å². The second-order valence-corrected chi connectivity index (χ2v) is 12.1. The van der Waals surface area contributed by atoms with Crippen LogP contribution in [-0.4, -0.2) is 69.0 Å². The number of phenolic OH excluding ortho intramolecular Hbond substituents is 1. The van der Waals surface area contributed by atoms with Gasteiger partial charge in [-0.15, -0.1) is 10.2 Å². The fourth-order valence-electron chi connectivity index (χ4n) is 5.83. The standard InChI is InChI=1S/C37H36N6O8/c38-34-31(20-28(41-42-34)26-5-1-2-6-30(26)44)51-18-16-22-8-10-23(11-9-22)21-39-32(45)7-3-4-17-50-24-12-13-25-27(19-24)37(49)43(36(25)48)29-14-15-33(46)40-35(29)47/h1-2,5-6,8-13,19-20,29,44H,3-4,7,14-18,21H2,(H2,38,42)(H,39,45)(H,40,46,47). The van der Waals surface area contributed by atoms with Gasteiger partial charge in [-0.1, -0.05) is 36.4 Å². The molecule has 51 heavy (non-hydrogen) atoms. The number of anilines is 1. The fraction of sp³-hybridized carbons (Fsp3) is 0.270. The largest absolute Gasteiger partial charge is 0.507 e. The monoisotopic (exact) mass is 692 g/mol. The van der Waals surface area contributed by atoms with Gasteiger partial charge in [0.25, 0.3) is 11.8 Å². The van der Waals surface area contributed by atoms with E-state index in [2.05, 4.69) is 20.8 Å². The summed E-state index contributed by atoms with van der Waals surface area (Å²) in [6.07, 6.45) is 2.24. The summed E-state index contributed by atoms with van der Waals surface area (Å²) < 4.78 is 11.6. The highest BCUT2D eigenvalue weighted by molar-refractivity contribution is 6.23. The predicted molar refractivity (Wildman–Crippen MR) is 183 cm³/mol. The maximum atomic E-state index is 13.0. The van der Waals surface area contributed by atoms with Crippen LogP contribution in [0.5, 0.6) is 17.2 Å². The molecule has 0 spiro atoms. The number of amides is 5. The highest BCUT2D eigenvalue weighted by Gasteiger charge is 2.44. The molecular formula is C37H36N6O8. The highest BCUT2D eigenvalue weighted by atomic mass is 16.5. The molecule has 0 bridgehead atoms. The number of carbonyl (C=O) groups excluding carboxylic acids is 5. The first kappa shape index (κ1) is 34.5. The van der Waals surface area contributed by atoms with E-state index < -0.39 is 29.7 Å². The molecule has 262 valence electrons. The summed E-state index contributed by atoms with van der Waals surface area (Å²) in [5.74, 6) is -1.33. The molecule has 1 aromatic heterocycles. The summed E-state index contributed by atoms with van der Waals surface area (Å²) in [7, 11) is 0. The molecule has 1 saturated heterocycles. The molecule has 5 amide bonds. The topological polar surface area (TPSA) is 203 Å². The number of aromatic nitrogens is 2. The van der Waals surface area contributed by atoms with E-state index in [4.69, 9.17) is 15.2 Å². The number of phenols is 1. The lowest BCUT2D eigenvalue weighted by atomic mass is 10.0. The summed E-state index contributed by atoms with van der Waals surface area (Å²) in [6.45, 7) is 1.04. The molecular weight excluding hydrogens is 656 g/mol. The van der Waals surface area contributed by atoms with Crippen molar-refractivity contribution in [1.29, 1.82) is 0 Å². The number of carbonyl (C=O) groups is 5. The number of aromatic hydroxyl groups is 1. The first-order chi connectivity index (χ1) is 24.7. The Bertz CT molecular complexity index is 1980. The molecule has 2 aliphatic rings. The third-order valence-electron chi connectivity index (χ3n) is 8.60. The zero-order valence-corrected chi connectivity index (χ0v) is 27.6. The quantitative estimate of drug-likeness (QED) is 0.112. The van der Waals surface area contributed by atoms with Crippen LogP contribution in [0.15, 0.2) is 72.8 Å². The summed E-state index contributed by atoms with van der Waals surface area (Å²) >= 11 is 0. The molecule has 6 rings (SSSR count). The Morgan fingerprint density at radius 3 is 2.43 bits per heavy atom. The highest BCUT2D eigenvalue weighted by Crippen LogP contribution is 2.32. The van der Waals surface area contributed by atoms with Crippen molar-refractivity contribution < 1.29 is 38.6 Å². The smallest absolute Gasteiger partial charge is 0.262 e. The van der Waals surface area contributed by atoms with Crippen molar-refractivity contribution in [3.05, 3.63) is 95.1 Å². The maximum absolute atomic E-state index is 13.0. The van der Waals surface area contributed by atoms with Gasteiger partial charge in [0.15, 0.2) is 11.6 Å². The molecule has 14 heteroatoms. The normalized spacial score (nSPS) is 15.4. The van der Waals surface area contributed by atoms with Crippen molar-refractivity contribution in [3.8, 4) is 28.5 Å². The van der Waals surface area contributed by atoms with Gasteiger partial charge in [-0.05, 0) is 60.7 Å². The van der Waals surface area contributed by atoms with E-state index >= 15 is 0 Å². The van der Waals surface area contributed by atoms with E-state index in [-0.39, 0.29) is 41.4 Å². The number of nitrogens with one attached hydrogen (secondary N) is 2. The van der Waals surface area contributed by atoms with Crippen molar-refractivity contribution in [1.82, 2.24) is 25.7 Å². The third kappa shape index (κ3) is 8.12. The Balaban J connectivity index is 0.884.